The molecule has 0 aliphatic carbocycles. The molecule has 0 saturated heterocycles. The Balaban J connectivity index is 2.53. The Labute approximate surface area is 159 Å². The SMILES string of the molecule is CCOC(=O)/C(C=Nc1ccc(OC)cc1)=C(/O)c1ccccc1C(F)(F)F. The summed E-state index contributed by atoms with van der Waals surface area (Å²) in [6.07, 6.45) is -3.74. The molecule has 0 aromatic heterocycles. The lowest BCUT2D eigenvalue weighted by atomic mass is 10.0. The molecule has 0 spiro atoms. The van der Waals surface area contributed by atoms with Gasteiger partial charge in [-0.15, -0.1) is 0 Å². The largest absolute Gasteiger partial charge is 0.506 e. The highest BCUT2D eigenvalue weighted by molar-refractivity contribution is 6.15. The first kappa shape index (κ1) is 21.0. The standard InChI is InChI=1S/C20H18F3NO4/c1-3-28-19(26)16(12-24-13-8-10-14(27-2)11-9-13)18(25)15-6-4-5-7-17(15)20(21,22)23/h4-12,25H,3H2,1-2H3/b18-16+,24-12?. The molecule has 2 rings (SSSR count). The number of rotatable bonds is 6. The maximum absolute atomic E-state index is 13.2. The summed E-state index contributed by atoms with van der Waals surface area (Å²) in [6, 6.07) is 10.8. The number of aliphatic imine (C=N–C) groups is 1. The fraction of sp³-hybridized carbons (Fsp3) is 0.200. The van der Waals surface area contributed by atoms with Crippen LogP contribution in [0.3, 0.4) is 0 Å². The van der Waals surface area contributed by atoms with Gasteiger partial charge < -0.3 is 14.6 Å². The number of hydrogen-bond acceptors (Lipinski definition) is 5. The van der Waals surface area contributed by atoms with E-state index in [1.54, 1.807) is 24.3 Å². The molecular weight excluding hydrogens is 375 g/mol. The van der Waals surface area contributed by atoms with Crippen molar-refractivity contribution in [3.05, 3.63) is 65.2 Å². The number of carbonyl (C=O) groups is 1. The zero-order valence-electron chi connectivity index (χ0n) is 15.2. The first-order valence-corrected chi connectivity index (χ1v) is 8.23. The van der Waals surface area contributed by atoms with E-state index in [2.05, 4.69) is 4.99 Å². The first-order valence-electron chi connectivity index (χ1n) is 8.23. The smallest absolute Gasteiger partial charge is 0.417 e. The zero-order chi connectivity index (χ0) is 20.7. The van der Waals surface area contributed by atoms with E-state index in [-0.39, 0.29) is 6.61 Å². The minimum Gasteiger partial charge on any atom is -0.506 e. The number of aliphatic hydroxyl groups is 1. The van der Waals surface area contributed by atoms with Crippen LogP contribution in [0.25, 0.3) is 5.76 Å². The van der Waals surface area contributed by atoms with Gasteiger partial charge >= 0.3 is 12.1 Å². The molecule has 0 amide bonds. The van der Waals surface area contributed by atoms with Gasteiger partial charge in [0, 0.05) is 11.8 Å². The van der Waals surface area contributed by atoms with Crippen LogP contribution in [0.15, 0.2) is 59.1 Å². The second kappa shape index (κ2) is 9.07. The molecule has 2 aromatic rings. The predicted octanol–water partition coefficient (Wildman–Crippen LogP) is 4.95. The number of alkyl halides is 3. The molecule has 0 atom stereocenters. The molecule has 0 aliphatic heterocycles. The van der Waals surface area contributed by atoms with E-state index in [1.807, 2.05) is 0 Å². The summed E-state index contributed by atoms with van der Waals surface area (Å²) in [5.74, 6) is -1.28. The Hall–Kier alpha value is -3.29. The van der Waals surface area contributed by atoms with Gasteiger partial charge in [0.15, 0.2) is 0 Å². The highest BCUT2D eigenvalue weighted by Crippen LogP contribution is 2.35. The van der Waals surface area contributed by atoms with Crippen molar-refractivity contribution in [3.63, 3.8) is 0 Å². The van der Waals surface area contributed by atoms with Crippen molar-refractivity contribution in [2.45, 2.75) is 13.1 Å². The maximum Gasteiger partial charge on any atom is 0.417 e. The summed E-state index contributed by atoms with van der Waals surface area (Å²) in [4.78, 5) is 16.3. The number of nitrogens with zero attached hydrogens (tertiary/aromatic N) is 1. The van der Waals surface area contributed by atoms with Gasteiger partial charge in [0.1, 0.15) is 17.1 Å². The van der Waals surface area contributed by atoms with E-state index in [1.165, 1.54) is 26.2 Å². The van der Waals surface area contributed by atoms with Gasteiger partial charge in [-0.25, -0.2) is 4.79 Å². The molecule has 5 nitrogen and oxygen atoms in total. The molecule has 0 radical (unpaired) electrons. The molecule has 0 fully saturated rings. The summed E-state index contributed by atoms with van der Waals surface area (Å²) in [7, 11) is 1.50. The van der Waals surface area contributed by atoms with Crippen LogP contribution in [0.2, 0.25) is 0 Å². The second-order valence-corrected chi connectivity index (χ2v) is 5.48. The van der Waals surface area contributed by atoms with Gasteiger partial charge in [0.05, 0.1) is 25.0 Å². The van der Waals surface area contributed by atoms with Crippen LogP contribution in [-0.4, -0.2) is 31.0 Å². The van der Waals surface area contributed by atoms with E-state index in [0.29, 0.717) is 11.4 Å². The summed E-state index contributed by atoms with van der Waals surface area (Å²) in [5.41, 5.74) is -1.71. The Morgan fingerprint density at radius 2 is 1.79 bits per heavy atom. The van der Waals surface area contributed by atoms with Gasteiger partial charge in [0.25, 0.3) is 0 Å². The van der Waals surface area contributed by atoms with E-state index >= 15 is 0 Å². The van der Waals surface area contributed by atoms with Crippen molar-refractivity contribution in [2.75, 3.05) is 13.7 Å². The lowest BCUT2D eigenvalue weighted by Gasteiger charge is -2.13. The molecule has 0 heterocycles. The Morgan fingerprint density at radius 3 is 2.36 bits per heavy atom. The second-order valence-electron chi connectivity index (χ2n) is 5.48. The highest BCUT2D eigenvalue weighted by atomic mass is 19.4. The fourth-order valence-electron chi connectivity index (χ4n) is 2.31. The van der Waals surface area contributed by atoms with Crippen LogP contribution >= 0.6 is 0 Å². The number of aliphatic hydroxyl groups excluding tert-OH is 1. The third-order valence-electron chi connectivity index (χ3n) is 3.65. The summed E-state index contributed by atoms with van der Waals surface area (Å²) < 4.78 is 49.6. The topological polar surface area (TPSA) is 68.1 Å². The fourth-order valence-corrected chi connectivity index (χ4v) is 2.31. The molecule has 1 N–H and O–H groups in total. The first-order chi connectivity index (χ1) is 13.3. The summed E-state index contributed by atoms with van der Waals surface area (Å²) >= 11 is 0. The van der Waals surface area contributed by atoms with Gasteiger partial charge in [-0.2, -0.15) is 13.2 Å². The number of esters is 1. The van der Waals surface area contributed by atoms with E-state index in [4.69, 9.17) is 9.47 Å². The van der Waals surface area contributed by atoms with Gasteiger partial charge in [-0.1, -0.05) is 18.2 Å². The average Bonchev–Trinajstić information content (AvgIpc) is 2.68. The van der Waals surface area contributed by atoms with Gasteiger partial charge in [-0.05, 0) is 37.3 Å². The van der Waals surface area contributed by atoms with E-state index in [0.717, 1.165) is 18.3 Å². The van der Waals surface area contributed by atoms with Crippen molar-refractivity contribution in [1.29, 1.82) is 0 Å². The van der Waals surface area contributed by atoms with E-state index in [9.17, 15) is 23.1 Å². The van der Waals surface area contributed by atoms with Crippen LogP contribution < -0.4 is 4.74 Å². The highest BCUT2D eigenvalue weighted by Gasteiger charge is 2.35. The number of methoxy groups -OCH3 is 1. The monoisotopic (exact) mass is 393 g/mol. The minimum absolute atomic E-state index is 0.0209. The Bertz CT molecular complexity index is 887. The minimum atomic E-state index is -4.71. The number of carbonyl (C=O) groups excluding carboxylic acids is 1. The van der Waals surface area contributed by atoms with Crippen LogP contribution in [0, 0.1) is 0 Å². The summed E-state index contributed by atoms with van der Waals surface area (Å²) in [6.45, 7) is 1.52. The quantitative estimate of drug-likeness (QED) is 0.326. The van der Waals surface area contributed by atoms with Crippen molar-refractivity contribution in [3.8, 4) is 5.75 Å². The lowest BCUT2D eigenvalue weighted by Crippen LogP contribution is -2.14. The summed E-state index contributed by atoms with van der Waals surface area (Å²) in [5, 5.41) is 10.4. The van der Waals surface area contributed by atoms with Gasteiger partial charge in [0.2, 0.25) is 0 Å². The number of benzene rings is 2. The predicted molar refractivity (Wildman–Crippen MR) is 98.8 cm³/mol. The average molecular weight is 393 g/mol. The molecule has 148 valence electrons. The van der Waals surface area contributed by atoms with Crippen molar-refractivity contribution in [1.82, 2.24) is 0 Å². The Kier molecular flexibility index (Phi) is 6.81. The third-order valence-corrected chi connectivity index (χ3v) is 3.65. The molecule has 0 aliphatic rings. The normalized spacial score (nSPS) is 12.6. The van der Waals surface area contributed by atoms with Crippen LogP contribution in [0.5, 0.6) is 5.75 Å². The van der Waals surface area contributed by atoms with Crippen LogP contribution in [0.4, 0.5) is 18.9 Å². The zero-order valence-corrected chi connectivity index (χ0v) is 15.2. The van der Waals surface area contributed by atoms with Crippen LogP contribution in [-0.2, 0) is 15.7 Å². The molecule has 0 bridgehead atoms. The molecule has 28 heavy (non-hydrogen) atoms. The maximum atomic E-state index is 13.2. The third kappa shape index (κ3) is 5.12. The number of hydrogen-bond donors (Lipinski definition) is 1. The van der Waals surface area contributed by atoms with Gasteiger partial charge in [-0.3, -0.25) is 4.99 Å². The van der Waals surface area contributed by atoms with Crippen LogP contribution in [0.1, 0.15) is 18.1 Å². The molecule has 8 heteroatoms. The molecular formula is C20H18F3NO4. The Morgan fingerprint density at radius 1 is 1.14 bits per heavy atom. The van der Waals surface area contributed by atoms with Crippen molar-refractivity contribution in [2.24, 2.45) is 4.99 Å². The van der Waals surface area contributed by atoms with Crippen molar-refractivity contribution < 1.29 is 32.5 Å². The molecule has 0 saturated carbocycles. The van der Waals surface area contributed by atoms with Crippen molar-refractivity contribution >= 4 is 23.6 Å². The van der Waals surface area contributed by atoms with E-state index < -0.39 is 34.6 Å². The molecule has 2 aromatic carbocycles. The lowest BCUT2D eigenvalue weighted by molar-refractivity contribution is -0.139. The number of halogens is 3. The molecule has 0 unspecified atom stereocenters. The number of ether oxygens (including phenoxy) is 2.